The van der Waals surface area contributed by atoms with Gasteiger partial charge in [0.15, 0.2) is 0 Å². The van der Waals surface area contributed by atoms with E-state index in [1.54, 1.807) is 0 Å². The van der Waals surface area contributed by atoms with E-state index >= 15 is 0 Å². The SMILES string of the molecule is C=c1/c(=C(\C=C/C)c2ccc3oc4ccccc4c3c2)ccc2cc(-c3ccc(-c4c5ccccc5cc5ccccc45)c4ccccc34)cnc12.CC. The fourth-order valence-electron chi connectivity index (χ4n) is 8.14. The summed E-state index contributed by atoms with van der Waals surface area (Å²) in [5, 5.41) is 12.7. The van der Waals surface area contributed by atoms with Gasteiger partial charge in [0.1, 0.15) is 11.2 Å². The number of fused-ring (bicyclic) bond motifs is 7. The van der Waals surface area contributed by atoms with Crippen molar-refractivity contribution in [1.82, 2.24) is 4.98 Å². The molecule has 0 spiro atoms. The van der Waals surface area contributed by atoms with Crippen molar-refractivity contribution in [3.63, 3.8) is 0 Å². The number of hydrogen-bond acceptors (Lipinski definition) is 2. The van der Waals surface area contributed by atoms with Crippen molar-refractivity contribution in [2.24, 2.45) is 0 Å². The van der Waals surface area contributed by atoms with Gasteiger partial charge in [-0.15, -0.1) is 0 Å². The number of allylic oxidation sites excluding steroid dienone is 2. The fraction of sp³-hybridized carbons (Fsp3) is 0.0577. The van der Waals surface area contributed by atoms with Crippen molar-refractivity contribution in [2.45, 2.75) is 20.8 Å². The largest absolute Gasteiger partial charge is 0.456 e. The molecule has 258 valence electrons. The van der Waals surface area contributed by atoms with Crippen LogP contribution in [0.4, 0.5) is 0 Å². The van der Waals surface area contributed by atoms with Gasteiger partial charge >= 0.3 is 0 Å². The van der Waals surface area contributed by atoms with Gasteiger partial charge in [-0.05, 0) is 103 Å². The minimum absolute atomic E-state index is 0.887. The molecule has 10 aromatic rings. The first-order chi connectivity index (χ1) is 26.7. The molecule has 0 atom stereocenters. The van der Waals surface area contributed by atoms with Crippen LogP contribution in [0.15, 0.2) is 174 Å². The number of para-hydroxylation sites is 1. The van der Waals surface area contributed by atoms with Crippen LogP contribution in [0.1, 0.15) is 26.3 Å². The van der Waals surface area contributed by atoms with Gasteiger partial charge in [-0.3, -0.25) is 4.98 Å². The van der Waals surface area contributed by atoms with E-state index in [1.165, 1.54) is 43.4 Å². The van der Waals surface area contributed by atoms with Crippen molar-refractivity contribution in [3.05, 3.63) is 186 Å². The van der Waals surface area contributed by atoms with Crippen LogP contribution in [0.2, 0.25) is 0 Å². The zero-order valence-corrected chi connectivity index (χ0v) is 30.7. The second kappa shape index (κ2) is 13.7. The third-order valence-corrected chi connectivity index (χ3v) is 10.5. The lowest BCUT2D eigenvalue weighted by molar-refractivity contribution is 0.669. The highest BCUT2D eigenvalue weighted by atomic mass is 16.3. The van der Waals surface area contributed by atoms with Crippen molar-refractivity contribution in [2.75, 3.05) is 0 Å². The molecule has 54 heavy (non-hydrogen) atoms. The maximum atomic E-state index is 6.12. The summed E-state index contributed by atoms with van der Waals surface area (Å²) in [7, 11) is 0. The van der Waals surface area contributed by atoms with Gasteiger partial charge in [0.2, 0.25) is 0 Å². The Bertz CT molecular complexity index is 3160. The normalized spacial score (nSPS) is 12.3. The maximum absolute atomic E-state index is 6.12. The molecular weight excluding hydrogens is 655 g/mol. The summed E-state index contributed by atoms with van der Waals surface area (Å²) >= 11 is 0. The number of nitrogens with zero attached hydrogens (tertiary/aromatic N) is 1. The molecule has 2 aromatic heterocycles. The highest BCUT2D eigenvalue weighted by molar-refractivity contribution is 6.18. The highest BCUT2D eigenvalue weighted by Crippen LogP contribution is 2.42. The summed E-state index contributed by atoms with van der Waals surface area (Å²) in [6.07, 6.45) is 6.26. The zero-order chi connectivity index (χ0) is 36.8. The Morgan fingerprint density at radius 3 is 1.89 bits per heavy atom. The second-order valence-electron chi connectivity index (χ2n) is 13.5. The van der Waals surface area contributed by atoms with E-state index in [-0.39, 0.29) is 0 Å². The summed E-state index contributed by atoms with van der Waals surface area (Å²) in [6, 6.07) is 54.3. The summed E-state index contributed by atoms with van der Waals surface area (Å²) in [5.74, 6) is 0. The van der Waals surface area contributed by atoms with Gasteiger partial charge < -0.3 is 4.42 Å². The number of hydrogen-bond donors (Lipinski definition) is 0. The van der Waals surface area contributed by atoms with Crippen LogP contribution in [0, 0.1) is 0 Å². The second-order valence-corrected chi connectivity index (χ2v) is 13.5. The Morgan fingerprint density at radius 1 is 0.556 bits per heavy atom. The van der Waals surface area contributed by atoms with E-state index in [0.29, 0.717) is 0 Å². The minimum Gasteiger partial charge on any atom is -0.456 e. The lowest BCUT2D eigenvalue weighted by Crippen LogP contribution is -2.27. The molecule has 0 saturated heterocycles. The molecule has 0 saturated carbocycles. The average molecular weight is 694 g/mol. The van der Waals surface area contributed by atoms with Crippen LogP contribution < -0.4 is 10.4 Å². The van der Waals surface area contributed by atoms with E-state index in [2.05, 4.69) is 165 Å². The molecule has 8 aromatic carbocycles. The van der Waals surface area contributed by atoms with E-state index < -0.39 is 0 Å². The van der Waals surface area contributed by atoms with E-state index in [0.717, 1.165) is 65.5 Å². The van der Waals surface area contributed by atoms with Gasteiger partial charge in [-0.2, -0.15) is 0 Å². The molecule has 0 unspecified atom stereocenters. The molecule has 0 aliphatic rings. The van der Waals surface area contributed by atoms with Gasteiger partial charge in [0.05, 0.1) is 5.52 Å². The Balaban J connectivity index is 0.00000189. The third-order valence-electron chi connectivity index (χ3n) is 10.5. The molecule has 0 bridgehead atoms. The third kappa shape index (κ3) is 5.38. The lowest BCUT2D eigenvalue weighted by atomic mass is 9.87. The van der Waals surface area contributed by atoms with Crippen molar-refractivity contribution >= 4 is 77.3 Å². The quantitative estimate of drug-likeness (QED) is 0.172. The molecule has 0 fully saturated rings. The summed E-state index contributed by atoms with van der Waals surface area (Å²) < 4.78 is 6.12. The van der Waals surface area contributed by atoms with Crippen molar-refractivity contribution < 1.29 is 4.42 Å². The molecule has 10 rings (SSSR count). The number of rotatable bonds is 4. The molecule has 0 N–H and O–H groups in total. The molecule has 0 aliphatic heterocycles. The highest BCUT2D eigenvalue weighted by Gasteiger charge is 2.16. The van der Waals surface area contributed by atoms with Crippen LogP contribution in [-0.2, 0) is 0 Å². The Morgan fingerprint density at radius 2 is 1.17 bits per heavy atom. The summed E-state index contributed by atoms with van der Waals surface area (Å²) in [4.78, 5) is 5.09. The van der Waals surface area contributed by atoms with Crippen LogP contribution in [0.3, 0.4) is 0 Å². The van der Waals surface area contributed by atoms with Gasteiger partial charge in [-0.1, -0.05) is 154 Å². The summed E-state index contributed by atoms with van der Waals surface area (Å²) in [6.45, 7) is 10.6. The molecule has 0 amide bonds. The molecule has 2 heterocycles. The van der Waals surface area contributed by atoms with Gasteiger partial charge in [0.25, 0.3) is 0 Å². The van der Waals surface area contributed by atoms with E-state index in [4.69, 9.17) is 9.40 Å². The van der Waals surface area contributed by atoms with Crippen LogP contribution in [0.25, 0.3) is 99.6 Å². The average Bonchev–Trinajstić information content (AvgIpc) is 3.61. The number of pyridine rings is 1. The molecule has 0 radical (unpaired) electrons. The standard InChI is InChI=1S/C50H33NO.C2H6/c1-3-12-38(34-22-26-48-46(29-34)44-19-10-11-20-47(44)52-48)37-23-21-35-28-36(30-51-50(35)31(37)2)39-24-25-45(43-18-9-8-17-42(39)43)49-40-15-6-4-13-32(40)27-33-14-5-7-16-41(33)49;1-2/h3-30H,2H2,1H3;1-2H3/b12-3-,38-37+;. The maximum Gasteiger partial charge on any atom is 0.135 e. The first-order valence-corrected chi connectivity index (χ1v) is 18.8. The van der Waals surface area contributed by atoms with Gasteiger partial charge in [0, 0.05) is 33.1 Å². The smallest absolute Gasteiger partial charge is 0.135 e. The number of furan rings is 1. The van der Waals surface area contributed by atoms with Crippen molar-refractivity contribution in [1.29, 1.82) is 0 Å². The van der Waals surface area contributed by atoms with E-state index in [9.17, 15) is 0 Å². The predicted octanol–water partition coefficient (Wildman–Crippen LogP) is 13.1. The monoisotopic (exact) mass is 693 g/mol. The molecule has 2 heteroatoms. The molecule has 2 nitrogen and oxygen atoms in total. The first kappa shape index (κ1) is 33.1. The minimum atomic E-state index is 0.887. The zero-order valence-electron chi connectivity index (χ0n) is 30.7. The number of aromatic nitrogens is 1. The Labute approximate surface area is 314 Å². The fourth-order valence-corrected chi connectivity index (χ4v) is 8.14. The molecule has 0 aliphatic carbocycles. The van der Waals surface area contributed by atoms with Crippen molar-refractivity contribution in [3.8, 4) is 22.3 Å². The van der Waals surface area contributed by atoms with Crippen LogP contribution in [-0.4, -0.2) is 4.98 Å². The predicted molar refractivity (Wildman–Crippen MR) is 232 cm³/mol. The number of benzene rings is 8. The van der Waals surface area contributed by atoms with E-state index in [1.807, 2.05) is 32.2 Å². The Hall–Kier alpha value is -6.77. The molecular formula is C52H39NO. The van der Waals surface area contributed by atoms with Gasteiger partial charge in [-0.25, -0.2) is 0 Å². The Kier molecular flexibility index (Phi) is 8.37. The summed E-state index contributed by atoms with van der Waals surface area (Å²) in [5.41, 5.74) is 9.67. The van der Waals surface area contributed by atoms with Crippen LogP contribution in [0.5, 0.6) is 0 Å². The van der Waals surface area contributed by atoms with Crippen LogP contribution >= 0.6 is 0 Å². The first-order valence-electron chi connectivity index (χ1n) is 18.8. The lowest BCUT2D eigenvalue weighted by Gasteiger charge is -2.16. The topological polar surface area (TPSA) is 26.0 Å².